The predicted octanol–water partition coefficient (Wildman–Crippen LogP) is 2.46. The summed E-state index contributed by atoms with van der Waals surface area (Å²) in [6.07, 6.45) is 3.29. The molecule has 4 rings (SSSR count). The van der Waals surface area contributed by atoms with E-state index in [1.54, 1.807) is 24.5 Å². The normalized spacial score (nSPS) is 17.2. The van der Waals surface area contributed by atoms with Crippen LogP contribution in [-0.4, -0.2) is 60.1 Å². The number of amides is 1. The van der Waals surface area contributed by atoms with Gasteiger partial charge in [0, 0.05) is 45.1 Å². The number of pyridine rings is 1. The molecule has 3 heterocycles. The quantitative estimate of drug-likeness (QED) is 0.827. The van der Waals surface area contributed by atoms with Crippen LogP contribution in [0.2, 0.25) is 5.02 Å². The van der Waals surface area contributed by atoms with Gasteiger partial charge in [-0.05, 0) is 29.8 Å². The number of piperazine rings is 1. The molecule has 0 N–H and O–H groups in total. The Bertz CT molecular complexity index is 792. The van der Waals surface area contributed by atoms with Gasteiger partial charge in [-0.3, -0.25) is 14.7 Å². The molecule has 6 nitrogen and oxygen atoms in total. The summed E-state index contributed by atoms with van der Waals surface area (Å²) in [7, 11) is 0. The van der Waals surface area contributed by atoms with Gasteiger partial charge in [-0.1, -0.05) is 11.6 Å². The number of hydrogen-bond donors (Lipinski definition) is 0. The van der Waals surface area contributed by atoms with E-state index in [9.17, 15) is 4.79 Å². The van der Waals surface area contributed by atoms with Gasteiger partial charge < -0.3 is 14.4 Å². The second-order valence-corrected chi connectivity index (χ2v) is 6.82. The van der Waals surface area contributed by atoms with Crippen LogP contribution in [0.15, 0.2) is 36.7 Å². The van der Waals surface area contributed by atoms with Crippen LogP contribution in [0, 0.1) is 0 Å². The van der Waals surface area contributed by atoms with Crippen molar-refractivity contribution in [2.24, 2.45) is 0 Å². The highest BCUT2D eigenvalue weighted by Gasteiger charge is 2.23. The van der Waals surface area contributed by atoms with Crippen molar-refractivity contribution in [3.05, 3.63) is 52.8 Å². The molecule has 0 bridgehead atoms. The summed E-state index contributed by atoms with van der Waals surface area (Å²) < 4.78 is 11.2. The minimum atomic E-state index is 0.0418. The first kappa shape index (κ1) is 17.1. The van der Waals surface area contributed by atoms with Gasteiger partial charge in [0.05, 0.1) is 10.6 Å². The van der Waals surface area contributed by atoms with Gasteiger partial charge >= 0.3 is 0 Å². The largest absolute Gasteiger partial charge is 0.486 e. The predicted molar refractivity (Wildman–Crippen MR) is 97.9 cm³/mol. The second-order valence-electron chi connectivity index (χ2n) is 6.41. The first-order valence-electron chi connectivity index (χ1n) is 8.70. The SMILES string of the molecule is O=C(c1cccnc1)N1CCN(Cc2cc(Cl)c3c(c2)OCCO3)CC1. The van der Waals surface area contributed by atoms with E-state index >= 15 is 0 Å². The molecule has 0 spiro atoms. The van der Waals surface area contributed by atoms with E-state index in [4.69, 9.17) is 21.1 Å². The van der Waals surface area contributed by atoms with E-state index in [0.717, 1.165) is 25.2 Å². The number of benzene rings is 1. The van der Waals surface area contributed by atoms with Crippen molar-refractivity contribution < 1.29 is 14.3 Å². The Labute approximate surface area is 157 Å². The molecule has 0 atom stereocenters. The Morgan fingerprint density at radius 1 is 1.15 bits per heavy atom. The molecule has 2 aliphatic rings. The van der Waals surface area contributed by atoms with Crippen molar-refractivity contribution >= 4 is 17.5 Å². The fraction of sp³-hybridized carbons (Fsp3) is 0.368. The Hall–Kier alpha value is -2.31. The number of hydrogen-bond acceptors (Lipinski definition) is 5. The Balaban J connectivity index is 1.37. The van der Waals surface area contributed by atoms with Gasteiger partial charge in [-0.15, -0.1) is 0 Å². The van der Waals surface area contributed by atoms with Crippen LogP contribution in [0.5, 0.6) is 11.5 Å². The maximum Gasteiger partial charge on any atom is 0.255 e. The molecule has 136 valence electrons. The molecule has 1 aromatic heterocycles. The molecule has 1 fully saturated rings. The summed E-state index contributed by atoms with van der Waals surface area (Å²) in [6, 6.07) is 7.52. The molecule has 2 aliphatic heterocycles. The smallest absolute Gasteiger partial charge is 0.255 e. The number of aromatic nitrogens is 1. The van der Waals surface area contributed by atoms with Crippen LogP contribution in [-0.2, 0) is 6.54 Å². The fourth-order valence-electron chi connectivity index (χ4n) is 3.29. The first-order valence-corrected chi connectivity index (χ1v) is 9.08. The highest BCUT2D eigenvalue weighted by atomic mass is 35.5. The van der Waals surface area contributed by atoms with E-state index in [2.05, 4.69) is 9.88 Å². The number of carbonyl (C=O) groups excluding carboxylic acids is 1. The summed E-state index contributed by atoms with van der Waals surface area (Å²) in [4.78, 5) is 20.7. The standard InChI is InChI=1S/C19H20ClN3O3/c20-16-10-14(11-17-18(16)26-9-8-25-17)13-22-4-6-23(7-5-22)19(24)15-2-1-3-21-12-15/h1-3,10-12H,4-9,13H2. The number of carbonyl (C=O) groups is 1. The lowest BCUT2D eigenvalue weighted by Gasteiger charge is -2.35. The van der Waals surface area contributed by atoms with E-state index in [-0.39, 0.29) is 5.91 Å². The second kappa shape index (κ2) is 7.51. The number of nitrogens with zero attached hydrogens (tertiary/aromatic N) is 3. The van der Waals surface area contributed by atoms with E-state index in [1.807, 2.05) is 17.0 Å². The van der Waals surface area contributed by atoms with Crippen molar-refractivity contribution in [2.75, 3.05) is 39.4 Å². The Morgan fingerprint density at radius 3 is 2.73 bits per heavy atom. The number of rotatable bonds is 3. The molecule has 0 aliphatic carbocycles. The summed E-state index contributed by atoms with van der Waals surface area (Å²) in [5.41, 5.74) is 1.73. The Kier molecular flexibility index (Phi) is 4.95. The van der Waals surface area contributed by atoms with E-state index in [0.29, 0.717) is 48.4 Å². The van der Waals surface area contributed by atoms with Gasteiger partial charge in [0.1, 0.15) is 13.2 Å². The lowest BCUT2D eigenvalue weighted by atomic mass is 10.1. The molecule has 0 radical (unpaired) electrons. The Morgan fingerprint density at radius 2 is 1.96 bits per heavy atom. The summed E-state index contributed by atoms with van der Waals surface area (Å²) in [6.45, 7) is 4.88. The van der Waals surface area contributed by atoms with Gasteiger partial charge in [0.25, 0.3) is 5.91 Å². The lowest BCUT2D eigenvalue weighted by Crippen LogP contribution is -2.48. The summed E-state index contributed by atoms with van der Waals surface area (Å²) in [5, 5.41) is 0.586. The van der Waals surface area contributed by atoms with Gasteiger partial charge in [-0.2, -0.15) is 0 Å². The molecular weight excluding hydrogens is 354 g/mol. The monoisotopic (exact) mass is 373 g/mol. The zero-order valence-corrected chi connectivity index (χ0v) is 15.1. The maximum atomic E-state index is 12.5. The molecule has 2 aromatic rings. The van der Waals surface area contributed by atoms with Crippen LogP contribution >= 0.6 is 11.6 Å². The molecule has 7 heteroatoms. The number of fused-ring (bicyclic) bond motifs is 1. The van der Waals surface area contributed by atoms with Crippen LogP contribution in [0.1, 0.15) is 15.9 Å². The number of halogens is 1. The van der Waals surface area contributed by atoms with Crippen LogP contribution in [0.25, 0.3) is 0 Å². The highest BCUT2D eigenvalue weighted by molar-refractivity contribution is 6.32. The molecule has 0 unspecified atom stereocenters. The van der Waals surface area contributed by atoms with Gasteiger partial charge in [0.15, 0.2) is 11.5 Å². The van der Waals surface area contributed by atoms with Crippen LogP contribution in [0.3, 0.4) is 0 Å². The molecule has 1 aromatic carbocycles. The first-order chi connectivity index (χ1) is 12.7. The lowest BCUT2D eigenvalue weighted by molar-refractivity contribution is 0.0628. The fourth-order valence-corrected chi connectivity index (χ4v) is 3.58. The van der Waals surface area contributed by atoms with Crippen LogP contribution < -0.4 is 9.47 Å². The van der Waals surface area contributed by atoms with Crippen molar-refractivity contribution in [1.82, 2.24) is 14.8 Å². The zero-order chi connectivity index (χ0) is 17.9. The van der Waals surface area contributed by atoms with E-state index < -0.39 is 0 Å². The van der Waals surface area contributed by atoms with E-state index in [1.165, 1.54) is 0 Å². The van der Waals surface area contributed by atoms with Crippen molar-refractivity contribution in [3.8, 4) is 11.5 Å². The molecular formula is C19H20ClN3O3. The number of ether oxygens (including phenoxy) is 2. The minimum Gasteiger partial charge on any atom is -0.486 e. The third-order valence-corrected chi connectivity index (χ3v) is 4.91. The third-order valence-electron chi connectivity index (χ3n) is 4.63. The van der Waals surface area contributed by atoms with Crippen molar-refractivity contribution in [1.29, 1.82) is 0 Å². The zero-order valence-electron chi connectivity index (χ0n) is 14.4. The molecule has 1 amide bonds. The molecule has 1 saturated heterocycles. The van der Waals surface area contributed by atoms with Crippen LogP contribution in [0.4, 0.5) is 0 Å². The highest BCUT2D eigenvalue weighted by Crippen LogP contribution is 2.38. The van der Waals surface area contributed by atoms with Gasteiger partial charge in [-0.25, -0.2) is 0 Å². The topological polar surface area (TPSA) is 54.9 Å². The average molecular weight is 374 g/mol. The van der Waals surface area contributed by atoms with Crippen molar-refractivity contribution in [2.45, 2.75) is 6.54 Å². The molecule has 26 heavy (non-hydrogen) atoms. The summed E-state index contributed by atoms with van der Waals surface area (Å²) >= 11 is 6.32. The molecule has 0 saturated carbocycles. The van der Waals surface area contributed by atoms with Gasteiger partial charge in [0.2, 0.25) is 0 Å². The third kappa shape index (κ3) is 3.61. The minimum absolute atomic E-state index is 0.0418. The van der Waals surface area contributed by atoms with Crippen molar-refractivity contribution in [3.63, 3.8) is 0 Å². The summed E-state index contributed by atoms with van der Waals surface area (Å²) in [5.74, 6) is 1.39. The average Bonchev–Trinajstić information content (AvgIpc) is 2.69. The maximum absolute atomic E-state index is 12.5.